The molecule has 8 nitrogen and oxygen atoms in total. The van der Waals surface area contributed by atoms with E-state index in [0.29, 0.717) is 22.5 Å². The molecule has 0 amide bonds. The Bertz CT molecular complexity index is 946. The Morgan fingerprint density at radius 1 is 1.35 bits per heavy atom. The van der Waals surface area contributed by atoms with Crippen LogP contribution in [0.3, 0.4) is 0 Å². The van der Waals surface area contributed by atoms with E-state index in [1.54, 1.807) is 22.4 Å². The molecule has 116 valence electrons. The predicted octanol–water partition coefficient (Wildman–Crippen LogP) is 1.83. The number of carboxylic acids is 1. The molecule has 0 radical (unpaired) electrons. The molecule has 1 aliphatic heterocycles. The lowest BCUT2D eigenvalue weighted by molar-refractivity contribution is 0.0690. The summed E-state index contributed by atoms with van der Waals surface area (Å²) < 4.78 is 9.29. The molecular weight excluding hydrogens is 366 g/mol. The smallest absolute Gasteiger partial charge is 0.356 e. The van der Waals surface area contributed by atoms with Gasteiger partial charge in [-0.2, -0.15) is 0 Å². The van der Waals surface area contributed by atoms with Crippen LogP contribution in [0.1, 0.15) is 21.9 Å². The number of nitrogens with zero attached hydrogens (tertiary/aromatic N) is 5. The molecule has 3 aromatic rings. The van der Waals surface area contributed by atoms with Crippen LogP contribution in [0.5, 0.6) is 5.75 Å². The van der Waals surface area contributed by atoms with Crippen molar-refractivity contribution in [2.24, 2.45) is 0 Å². The Balaban J connectivity index is 2.08. The Hall–Kier alpha value is -2.68. The summed E-state index contributed by atoms with van der Waals surface area (Å²) in [5.41, 5.74) is 2.85. The van der Waals surface area contributed by atoms with Gasteiger partial charge in [0.2, 0.25) is 0 Å². The first-order valence-corrected chi connectivity index (χ1v) is 7.48. The molecule has 0 unspecified atom stereocenters. The second kappa shape index (κ2) is 4.92. The third kappa shape index (κ3) is 1.96. The monoisotopic (exact) mass is 375 g/mol. The quantitative estimate of drug-likeness (QED) is 0.574. The fraction of sp³-hybridized carbons (Fsp3) is 0.143. The van der Waals surface area contributed by atoms with Crippen LogP contribution in [0.4, 0.5) is 0 Å². The summed E-state index contributed by atoms with van der Waals surface area (Å²) in [6.45, 7) is 0. The normalized spacial score (nSPS) is 12.1. The number of carboxylic acid groups (broad SMARTS) is 1. The van der Waals surface area contributed by atoms with Crippen LogP contribution in [-0.4, -0.2) is 42.7 Å². The highest BCUT2D eigenvalue weighted by Gasteiger charge is 2.27. The molecule has 0 bridgehead atoms. The van der Waals surface area contributed by atoms with Gasteiger partial charge >= 0.3 is 5.97 Å². The summed E-state index contributed by atoms with van der Waals surface area (Å²) in [5.74, 6) is -0.394. The zero-order chi connectivity index (χ0) is 16.1. The highest BCUT2D eigenvalue weighted by molar-refractivity contribution is 9.10. The summed E-state index contributed by atoms with van der Waals surface area (Å²) >= 11 is 3.37. The number of hydrogen-bond acceptors (Lipinski definition) is 5. The molecular formula is C14H10BrN5O3. The van der Waals surface area contributed by atoms with Gasteiger partial charge in [-0.25, -0.2) is 14.5 Å². The second-order valence-corrected chi connectivity index (χ2v) is 5.74. The number of benzene rings is 1. The molecule has 1 N–H and O–H groups in total. The second-order valence-electron chi connectivity index (χ2n) is 4.99. The van der Waals surface area contributed by atoms with Crippen molar-refractivity contribution in [3.05, 3.63) is 46.2 Å². The largest absolute Gasteiger partial charge is 0.497 e. The Labute approximate surface area is 138 Å². The first kappa shape index (κ1) is 13.9. The van der Waals surface area contributed by atoms with E-state index in [4.69, 9.17) is 4.74 Å². The van der Waals surface area contributed by atoms with E-state index in [-0.39, 0.29) is 5.69 Å². The summed E-state index contributed by atoms with van der Waals surface area (Å²) in [5, 5.41) is 17.6. The number of aromatic carboxylic acids is 1. The summed E-state index contributed by atoms with van der Waals surface area (Å²) in [6.07, 6.45) is 1.85. The minimum atomic E-state index is -1.06. The number of halogens is 1. The summed E-state index contributed by atoms with van der Waals surface area (Å²) in [6, 6.07) is 5.48. The van der Waals surface area contributed by atoms with Crippen LogP contribution in [-0.2, 0) is 6.42 Å². The van der Waals surface area contributed by atoms with Crippen LogP contribution in [0.25, 0.3) is 11.4 Å². The van der Waals surface area contributed by atoms with Crippen molar-refractivity contribution in [3.63, 3.8) is 0 Å². The Kier molecular flexibility index (Phi) is 2.98. The highest BCUT2D eigenvalue weighted by Crippen LogP contribution is 2.33. The van der Waals surface area contributed by atoms with Gasteiger partial charge in [-0.05, 0) is 28.1 Å². The van der Waals surface area contributed by atoms with Crippen LogP contribution in [0, 0.1) is 0 Å². The number of fused-ring (bicyclic) bond motifs is 5. The molecule has 3 heterocycles. The Morgan fingerprint density at radius 2 is 2.17 bits per heavy atom. The molecule has 0 aliphatic carbocycles. The van der Waals surface area contributed by atoms with E-state index in [0.717, 1.165) is 17.1 Å². The summed E-state index contributed by atoms with van der Waals surface area (Å²) in [7, 11) is 1.59. The van der Waals surface area contributed by atoms with Crippen molar-refractivity contribution in [2.75, 3.05) is 7.11 Å². The lowest BCUT2D eigenvalue weighted by Crippen LogP contribution is -2.06. The van der Waals surface area contributed by atoms with Gasteiger partial charge in [0.15, 0.2) is 10.3 Å². The van der Waals surface area contributed by atoms with Gasteiger partial charge in [-0.1, -0.05) is 5.21 Å². The Morgan fingerprint density at radius 3 is 2.91 bits per heavy atom. The first-order chi connectivity index (χ1) is 11.1. The average molecular weight is 376 g/mol. The SMILES string of the molecule is COc1ccc2c(c1)-n1nnc(Br)c1Cc1c(C(=O)O)ncn1-2. The highest BCUT2D eigenvalue weighted by atomic mass is 79.9. The number of ether oxygens (including phenoxy) is 1. The zero-order valence-corrected chi connectivity index (χ0v) is 13.5. The standard InChI is InChI=1S/C14H10BrN5O3/c1-23-7-2-3-8-9(4-7)20-11(13(15)17-18-20)5-10-12(14(21)22)16-6-19(8)10/h2-4,6H,5H2,1H3,(H,21,22). The molecule has 0 atom stereocenters. The van der Waals surface area contributed by atoms with Crippen LogP contribution in [0.15, 0.2) is 29.1 Å². The van der Waals surface area contributed by atoms with E-state index >= 15 is 0 Å². The molecule has 0 fully saturated rings. The van der Waals surface area contributed by atoms with Gasteiger partial charge in [-0.15, -0.1) is 5.10 Å². The van der Waals surface area contributed by atoms with Crippen molar-refractivity contribution < 1.29 is 14.6 Å². The molecule has 9 heteroatoms. The average Bonchev–Trinajstić information content (AvgIpc) is 3.09. The number of imidazole rings is 1. The zero-order valence-electron chi connectivity index (χ0n) is 11.9. The number of carbonyl (C=O) groups is 1. The van der Waals surface area contributed by atoms with E-state index in [1.165, 1.54) is 6.33 Å². The molecule has 0 spiro atoms. The van der Waals surface area contributed by atoms with Crippen LogP contribution in [0.2, 0.25) is 0 Å². The van der Waals surface area contributed by atoms with Crippen molar-refractivity contribution in [2.45, 2.75) is 6.42 Å². The van der Waals surface area contributed by atoms with Gasteiger partial charge in [0.1, 0.15) is 12.1 Å². The van der Waals surface area contributed by atoms with Crippen LogP contribution < -0.4 is 4.74 Å². The number of aromatic nitrogens is 5. The van der Waals surface area contributed by atoms with Gasteiger partial charge in [0, 0.05) is 12.5 Å². The van der Waals surface area contributed by atoms with Crippen molar-refractivity contribution in [1.82, 2.24) is 24.5 Å². The fourth-order valence-electron chi connectivity index (χ4n) is 2.72. The molecule has 1 aromatic carbocycles. The first-order valence-electron chi connectivity index (χ1n) is 6.68. The molecule has 1 aliphatic rings. The minimum absolute atomic E-state index is 0.0216. The van der Waals surface area contributed by atoms with E-state index in [1.807, 2.05) is 12.1 Å². The molecule has 4 rings (SSSR count). The molecule has 0 saturated carbocycles. The third-order valence-corrected chi connectivity index (χ3v) is 4.41. The third-order valence-electron chi connectivity index (χ3n) is 3.79. The van der Waals surface area contributed by atoms with E-state index in [9.17, 15) is 9.90 Å². The minimum Gasteiger partial charge on any atom is -0.497 e. The number of rotatable bonds is 2. The maximum atomic E-state index is 11.4. The topological polar surface area (TPSA) is 95.1 Å². The maximum absolute atomic E-state index is 11.4. The molecule has 2 aromatic heterocycles. The fourth-order valence-corrected chi connectivity index (χ4v) is 3.09. The van der Waals surface area contributed by atoms with Gasteiger partial charge < -0.3 is 9.84 Å². The molecule has 0 saturated heterocycles. The predicted molar refractivity (Wildman–Crippen MR) is 82.5 cm³/mol. The van der Waals surface area contributed by atoms with E-state index in [2.05, 4.69) is 31.2 Å². The van der Waals surface area contributed by atoms with Gasteiger partial charge in [0.25, 0.3) is 0 Å². The van der Waals surface area contributed by atoms with Gasteiger partial charge in [0.05, 0.1) is 29.9 Å². The van der Waals surface area contributed by atoms with Crippen molar-refractivity contribution in [1.29, 1.82) is 0 Å². The van der Waals surface area contributed by atoms with Crippen molar-refractivity contribution >= 4 is 21.9 Å². The van der Waals surface area contributed by atoms with E-state index < -0.39 is 5.97 Å². The van der Waals surface area contributed by atoms with Gasteiger partial charge in [-0.3, -0.25) is 4.57 Å². The number of methoxy groups -OCH3 is 1. The van der Waals surface area contributed by atoms with Crippen LogP contribution >= 0.6 is 15.9 Å². The number of hydrogen-bond donors (Lipinski definition) is 1. The summed E-state index contributed by atoms with van der Waals surface area (Å²) in [4.78, 5) is 15.5. The lowest BCUT2D eigenvalue weighted by Gasteiger charge is -2.11. The lowest BCUT2D eigenvalue weighted by atomic mass is 10.2. The maximum Gasteiger partial charge on any atom is 0.356 e. The molecule has 23 heavy (non-hydrogen) atoms. The van der Waals surface area contributed by atoms with Crippen molar-refractivity contribution in [3.8, 4) is 17.1 Å².